The number of halogens is 2. The normalized spacial score (nSPS) is 13.5. The van der Waals surface area contributed by atoms with Crippen LogP contribution in [0.1, 0.15) is 27.0 Å². The molecule has 0 aliphatic rings. The molecule has 2 rings (SSSR count). The second kappa shape index (κ2) is 6.64. The Morgan fingerprint density at radius 2 is 2.09 bits per heavy atom. The minimum atomic E-state index is -1.67. The zero-order valence-electron chi connectivity index (χ0n) is 12.9. The van der Waals surface area contributed by atoms with Gasteiger partial charge in [-0.25, -0.2) is 8.78 Å². The molecule has 1 atom stereocenters. The van der Waals surface area contributed by atoms with Crippen molar-refractivity contribution in [3.8, 4) is 5.75 Å². The van der Waals surface area contributed by atoms with Gasteiger partial charge in [0.25, 0.3) is 5.91 Å². The van der Waals surface area contributed by atoms with Gasteiger partial charge in [0, 0.05) is 16.5 Å². The quantitative estimate of drug-likeness (QED) is 0.879. The van der Waals surface area contributed by atoms with Gasteiger partial charge < -0.3 is 15.2 Å². The van der Waals surface area contributed by atoms with E-state index in [0.717, 1.165) is 17.0 Å². The van der Waals surface area contributed by atoms with Crippen LogP contribution >= 0.6 is 11.3 Å². The van der Waals surface area contributed by atoms with Crippen LogP contribution in [0.15, 0.2) is 24.3 Å². The van der Waals surface area contributed by atoms with E-state index in [2.05, 4.69) is 5.32 Å². The van der Waals surface area contributed by atoms with Crippen LogP contribution in [0.4, 0.5) is 8.78 Å². The van der Waals surface area contributed by atoms with Gasteiger partial charge in [0.15, 0.2) is 0 Å². The number of aliphatic hydroxyl groups is 1. The van der Waals surface area contributed by atoms with Crippen molar-refractivity contribution in [2.24, 2.45) is 0 Å². The van der Waals surface area contributed by atoms with Crippen LogP contribution in [0.2, 0.25) is 0 Å². The molecule has 2 N–H and O–H groups in total. The summed E-state index contributed by atoms with van der Waals surface area (Å²) in [6, 6.07) is 4.64. The molecule has 124 valence electrons. The number of aryl methyl sites for hydroxylation is 1. The zero-order valence-corrected chi connectivity index (χ0v) is 13.8. The van der Waals surface area contributed by atoms with Gasteiger partial charge in [0.1, 0.15) is 27.9 Å². The summed E-state index contributed by atoms with van der Waals surface area (Å²) in [6.45, 7) is 2.96. The van der Waals surface area contributed by atoms with E-state index in [1.807, 2.05) is 6.92 Å². The Morgan fingerprint density at radius 3 is 2.70 bits per heavy atom. The lowest BCUT2D eigenvalue weighted by atomic mass is 9.95. The fraction of sp³-hybridized carbons (Fsp3) is 0.312. The smallest absolute Gasteiger partial charge is 0.265 e. The number of ether oxygens (including phenoxy) is 1. The second-order valence-corrected chi connectivity index (χ2v) is 6.59. The first kappa shape index (κ1) is 17.4. The maximum atomic E-state index is 13.8. The third-order valence-electron chi connectivity index (χ3n) is 3.35. The Hall–Kier alpha value is -1.99. The van der Waals surface area contributed by atoms with Gasteiger partial charge in [-0.05, 0) is 26.0 Å². The van der Waals surface area contributed by atoms with E-state index in [1.54, 1.807) is 6.07 Å². The maximum absolute atomic E-state index is 13.8. The van der Waals surface area contributed by atoms with Crippen molar-refractivity contribution in [1.29, 1.82) is 0 Å². The molecule has 0 aliphatic heterocycles. The fourth-order valence-electron chi connectivity index (χ4n) is 2.15. The van der Waals surface area contributed by atoms with Gasteiger partial charge in [0.2, 0.25) is 0 Å². The molecule has 1 aromatic carbocycles. The summed E-state index contributed by atoms with van der Waals surface area (Å²) >= 11 is 1.26. The molecule has 1 amide bonds. The highest BCUT2D eigenvalue weighted by Crippen LogP contribution is 2.29. The largest absolute Gasteiger partial charge is 0.495 e. The fourth-order valence-corrected chi connectivity index (χ4v) is 3.05. The summed E-state index contributed by atoms with van der Waals surface area (Å²) in [5, 5.41) is 12.9. The highest BCUT2D eigenvalue weighted by Gasteiger charge is 2.28. The third kappa shape index (κ3) is 3.86. The maximum Gasteiger partial charge on any atom is 0.265 e. The summed E-state index contributed by atoms with van der Waals surface area (Å²) in [4.78, 5) is 13.5. The van der Waals surface area contributed by atoms with E-state index < -0.39 is 23.1 Å². The number of benzene rings is 1. The Balaban J connectivity index is 2.13. The van der Waals surface area contributed by atoms with E-state index in [-0.39, 0.29) is 12.1 Å². The van der Waals surface area contributed by atoms with Crippen molar-refractivity contribution in [3.63, 3.8) is 0 Å². The molecule has 0 radical (unpaired) electrons. The molecule has 0 saturated heterocycles. The zero-order chi connectivity index (χ0) is 17.2. The monoisotopic (exact) mass is 341 g/mol. The SMILES string of the molecule is COc1cc(C)sc1C(=O)NCC(C)(O)c1ccc(F)cc1F. The molecule has 0 aliphatic carbocycles. The Kier molecular flexibility index (Phi) is 5.01. The highest BCUT2D eigenvalue weighted by molar-refractivity contribution is 7.14. The average Bonchev–Trinajstić information content (AvgIpc) is 2.85. The van der Waals surface area contributed by atoms with Crippen molar-refractivity contribution >= 4 is 17.2 Å². The van der Waals surface area contributed by atoms with Crippen LogP contribution in [-0.2, 0) is 5.60 Å². The van der Waals surface area contributed by atoms with Crippen LogP contribution in [0.3, 0.4) is 0 Å². The number of carbonyl (C=O) groups excluding carboxylic acids is 1. The number of methoxy groups -OCH3 is 1. The predicted molar refractivity (Wildman–Crippen MR) is 83.9 cm³/mol. The summed E-state index contributed by atoms with van der Waals surface area (Å²) < 4.78 is 31.9. The van der Waals surface area contributed by atoms with Crippen molar-refractivity contribution in [3.05, 3.63) is 51.2 Å². The minimum Gasteiger partial charge on any atom is -0.495 e. The molecule has 2 aromatic rings. The van der Waals surface area contributed by atoms with Crippen molar-refractivity contribution < 1.29 is 23.4 Å². The average molecular weight is 341 g/mol. The van der Waals surface area contributed by atoms with Gasteiger partial charge in [-0.15, -0.1) is 11.3 Å². The lowest BCUT2D eigenvalue weighted by Gasteiger charge is -2.24. The first-order valence-electron chi connectivity index (χ1n) is 6.85. The number of hydrogen-bond donors (Lipinski definition) is 2. The summed E-state index contributed by atoms with van der Waals surface area (Å²) in [7, 11) is 1.46. The molecule has 1 aromatic heterocycles. The van der Waals surface area contributed by atoms with Gasteiger partial charge in [-0.1, -0.05) is 6.07 Å². The third-order valence-corrected chi connectivity index (χ3v) is 4.38. The summed E-state index contributed by atoms with van der Waals surface area (Å²) in [5.74, 6) is -1.58. The summed E-state index contributed by atoms with van der Waals surface area (Å²) in [6.07, 6.45) is 0. The van der Waals surface area contributed by atoms with Crippen LogP contribution in [0, 0.1) is 18.6 Å². The molecule has 1 unspecified atom stereocenters. The number of hydrogen-bond acceptors (Lipinski definition) is 4. The predicted octanol–water partition coefficient (Wildman–Crippen LogP) is 2.98. The van der Waals surface area contributed by atoms with Gasteiger partial charge in [-0.3, -0.25) is 4.79 Å². The number of carbonyl (C=O) groups is 1. The molecule has 0 fully saturated rings. The lowest BCUT2D eigenvalue weighted by molar-refractivity contribution is 0.0495. The number of nitrogens with one attached hydrogen (secondary N) is 1. The van der Waals surface area contributed by atoms with E-state index in [0.29, 0.717) is 16.7 Å². The highest BCUT2D eigenvalue weighted by atomic mass is 32.1. The molecular formula is C16H17F2NO3S. The topological polar surface area (TPSA) is 58.6 Å². The van der Waals surface area contributed by atoms with E-state index >= 15 is 0 Å². The molecule has 23 heavy (non-hydrogen) atoms. The molecule has 7 heteroatoms. The molecule has 1 heterocycles. The van der Waals surface area contributed by atoms with Crippen LogP contribution in [-0.4, -0.2) is 24.7 Å². The van der Waals surface area contributed by atoms with E-state index in [1.165, 1.54) is 25.4 Å². The Bertz CT molecular complexity index is 728. The van der Waals surface area contributed by atoms with Crippen molar-refractivity contribution in [1.82, 2.24) is 5.32 Å². The van der Waals surface area contributed by atoms with Crippen LogP contribution < -0.4 is 10.1 Å². The van der Waals surface area contributed by atoms with E-state index in [4.69, 9.17) is 4.74 Å². The van der Waals surface area contributed by atoms with Gasteiger partial charge >= 0.3 is 0 Å². The molecule has 4 nitrogen and oxygen atoms in total. The molecule has 0 spiro atoms. The lowest BCUT2D eigenvalue weighted by Crippen LogP contribution is -2.39. The van der Waals surface area contributed by atoms with Crippen LogP contribution in [0.25, 0.3) is 0 Å². The number of rotatable bonds is 5. The van der Waals surface area contributed by atoms with E-state index in [9.17, 15) is 18.7 Å². The first-order chi connectivity index (χ1) is 10.7. The minimum absolute atomic E-state index is 0.0893. The molecule has 0 saturated carbocycles. The number of thiophene rings is 1. The van der Waals surface area contributed by atoms with Gasteiger partial charge in [-0.2, -0.15) is 0 Å². The first-order valence-corrected chi connectivity index (χ1v) is 7.67. The summed E-state index contributed by atoms with van der Waals surface area (Å²) in [5.41, 5.74) is -1.76. The molecular weight excluding hydrogens is 324 g/mol. The van der Waals surface area contributed by atoms with Crippen molar-refractivity contribution in [2.45, 2.75) is 19.4 Å². The van der Waals surface area contributed by atoms with Crippen molar-refractivity contribution in [2.75, 3.05) is 13.7 Å². The van der Waals surface area contributed by atoms with Gasteiger partial charge in [0.05, 0.1) is 13.7 Å². The molecule has 0 bridgehead atoms. The standard InChI is InChI=1S/C16H17F2NO3S/c1-9-6-13(22-3)14(23-9)15(20)19-8-16(2,21)11-5-4-10(17)7-12(11)18/h4-7,21H,8H2,1-3H3,(H,19,20). The Labute approximate surface area is 136 Å². The van der Waals surface area contributed by atoms with Crippen LogP contribution in [0.5, 0.6) is 5.75 Å². The second-order valence-electron chi connectivity index (χ2n) is 5.34. The Morgan fingerprint density at radius 1 is 1.39 bits per heavy atom. The number of amides is 1.